The minimum Gasteiger partial charge on any atom is -0.452 e. The summed E-state index contributed by atoms with van der Waals surface area (Å²) in [5, 5.41) is 1.98. The van der Waals surface area contributed by atoms with Crippen LogP contribution in [0.2, 0.25) is 0 Å². The van der Waals surface area contributed by atoms with E-state index in [9.17, 15) is 18.0 Å². The van der Waals surface area contributed by atoms with E-state index >= 15 is 0 Å². The lowest BCUT2D eigenvalue weighted by Crippen LogP contribution is -2.34. The molecule has 0 N–H and O–H groups in total. The lowest BCUT2D eigenvalue weighted by atomic mass is 10.2. The maximum Gasteiger partial charge on any atom is 0.338 e. The van der Waals surface area contributed by atoms with Crippen LogP contribution in [-0.4, -0.2) is 56.7 Å². The molecule has 28 heavy (non-hydrogen) atoms. The number of benzene rings is 1. The molecule has 1 aromatic carbocycles. The van der Waals surface area contributed by atoms with Crippen molar-refractivity contribution < 1.29 is 22.7 Å². The Morgan fingerprint density at radius 1 is 1.25 bits per heavy atom. The average molecular weight is 423 g/mol. The van der Waals surface area contributed by atoms with Crippen LogP contribution in [0.3, 0.4) is 0 Å². The number of sulfonamides is 1. The second-order valence-corrected chi connectivity index (χ2v) is 9.78. The largest absolute Gasteiger partial charge is 0.452 e. The van der Waals surface area contributed by atoms with Crippen molar-refractivity contribution in [1.82, 2.24) is 9.21 Å². The monoisotopic (exact) mass is 422 g/mol. The summed E-state index contributed by atoms with van der Waals surface area (Å²) < 4.78 is 30.6. The van der Waals surface area contributed by atoms with Gasteiger partial charge in [0.1, 0.15) is 0 Å². The van der Waals surface area contributed by atoms with Crippen molar-refractivity contribution in [3.63, 3.8) is 0 Å². The summed E-state index contributed by atoms with van der Waals surface area (Å²) in [4.78, 5) is 27.7. The zero-order chi connectivity index (χ0) is 20.3. The van der Waals surface area contributed by atoms with Gasteiger partial charge in [-0.15, -0.1) is 11.3 Å². The molecule has 0 bridgehead atoms. The van der Waals surface area contributed by atoms with Gasteiger partial charge in [-0.2, -0.15) is 0 Å². The highest BCUT2D eigenvalue weighted by atomic mass is 32.2. The van der Waals surface area contributed by atoms with Crippen molar-refractivity contribution in [3.8, 4) is 0 Å². The van der Waals surface area contributed by atoms with Crippen molar-refractivity contribution >= 4 is 33.2 Å². The van der Waals surface area contributed by atoms with Crippen LogP contribution in [0.1, 0.15) is 34.1 Å². The van der Waals surface area contributed by atoms with E-state index in [4.69, 9.17) is 4.74 Å². The number of hydrogen-bond acceptors (Lipinski definition) is 6. The maximum absolute atomic E-state index is 12.6. The van der Waals surface area contributed by atoms with Gasteiger partial charge in [0, 0.05) is 25.5 Å². The zero-order valence-electron chi connectivity index (χ0n) is 15.7. The second kappa shape index (κ2) is 8.42. The zero-order valence-corrected chi connectivity index (χ0v) is 17.3. The molecule has 7 nitrogen and oxygen atoms in total. The number of carbonyl (C=O) groups excluding carboxylic acids is 2. The Morgan fingerprint density at radius 3 is 2.71 bits per heavy atom. The van der Waals surface area contributed by atoms with E-state index in [1.807, 2.05) is 17.5 Å². The fourth-order valence-electron chi connectivity index (χ4n) is 3.13. The molecule has 0 radical (unpaired) electrons. The SMILES string of the molecule is CN(C)S(=O)(=O)c1cccc(C(=O)OCC(=O)N2CCCC2c2cccs2)c1. The van der Waals surface area contributed by atoms with E-state index in [-0.39, 0.29) is 29.0 Å². The highest BCUT2D eigenvalue weighted by Crippen LogP contribution is 2.34. The summed E-state index contributed by atoms with van der Waals surface area (Å²) in [6.07, 6.45) is 1.80. The molecule has 9 heteroatoms. The number of amides is 1. The summed E-state index contributed by atoms with van der Waals surface area (Å²) in [6, 6.07) is 9.59. The third kappa shape index (κ3) is 4.26. The molecule has 1 fully saturated rings. The Balaban J connectivity index is 1.65. The molecule has 1 aliphatic rings. The number of likely N-dealkylation sites (tertiary alicyclic amines) is 1. The van der Waals surface area contributed by atoms with Gasteiger partial charge in [0.25, 0.3) is 5.91 Å². The number of thiophene rings is 1. The first-order valence-electron chi connectivity index (χ1n) is 8.83. The molecule has 0 aliphatic carbocycles. The molecule has 2 heterocycles. The van der Waals surface area contributed by atoms with Crippen LogP contribution in [0, 0.1) is 0 Å². The van der Waals surface area contributed by atoms with Crippen LogP contribution < -0.4 is 0 Å². The van der Waals surface area contributed by atoms with Gasteiger partial charge >= 0.3 is 5.97 Å². The number of esters is 1. The van der Waals surface area contributed by atoms with Crippen LogP contribution in [-0.2, 0) is 19.6 Å². The van der Waals surface area contributed by atoms with Crippen LogP contribution in [0.15, 0.2) is 46.7 Å². The summed E-state index contributed by atoms with van der Waals surface area (Å²) in [5.41, 5.74) is 0.0898. The third-order valence-corrected chi connectivity index (χ3v) is 7.40. The molecule has 1 aromatic heterocycles. The van der Waals surface area contributed by atoms with Gasteiger partial charge in [-0.3, -0.25) is 4.79 Å². The predicted molar refractivity (Wildman–Crippen MR) is 106 cm³/mol. The van der Waals surface area contributed by atoms with E-state index in [0.717, 1.165) is 22.0 Å². The molecule has 0 saturated carbocycles. The summed E-state index contributed by atoms with van der Waals surface area (Å²) in [7, 11) is -0.827. The normalized spacial score (nSPS) is 17.1. The summed E-state index contributed by atoms with van der Waals surface area (Å²) >= 11 is 1.61. The first-order chi connectivity index (χ1) is 13.3. The Hall–Kier alpha value is -2.23. The Labute approximate surface area is 168 Å². The molecule has 2 aromatic rings. The Kier molecular flexibility index (Phi) is 6.17. The molecule has 3 rings (SSSR count). The molecule has 1 unspecified atom stereocenters. The quantitative estimate of drug-likeness (QED) is 0.668. The number of ether oxygens (including phenoxy) is 1. The number of nitrogens with zero attached hydrogens (tertiary/aromatic N) is 2. The summed E-state index contributed by atoms with van der Waals surface area (Å²) in [5.74, 6) is -0.975. The third-order valence-electron chi connectivity index (χ3n) is 4.62. The minimum atomic E-state index is -3.66. The van der Waals surface area contributed by atoms with Crippen LogP contribution in [0.25, 0.3) is 0 Å². The van der Waals surface area contributed by atoms with Crippen molar-refractivity contribution in [2.45, 2.75) is 23.8 Å². The van der Waals surface area contributed by atoms with Gasteiger partial charge in [-0.05, 0) is 42.5 Å². The predicted octanol–water partition coefficient (Wildman–Crippen LogP) is 2.52. The lowest BCUT2D eigenvalue weighted by molar-refractivity contribution is -0.135. The molecule has 1 atom stereocenters. The maximum atomic E-state index is 12.6. The van der Waals surface area contributed by atoms with Gasteiger partial charge in [0.05, 0.1) is 16.5 Å². The van der Waals surface area contributed by atoms with Gasteiger partial charge in [0.2, 0.25) is 10.0 Å². The van der Waals surface area contributed by atoms with Gasteiger partial charge < -0.3 is 9.64 Å². The van der Waals surface area contributed by atoms with E-state index in [2.05, 4.69) is 0 Å². The minimum absolute atomic E-state index is 0.00409. The van der Waals surface area contributed by atoms with Crippen molar-refractivity contribution in [1.29, 1.82) is 0 Å². The lowest BCUT2D eigenvalue weighted by Gasteiger charge is -2.23. The number of carbonyl (C=O) groups is 2. The standard InChI is InChI=1S/C19H22N2O5S2/c1-20(2)28(24,25)15-7-3-6-14(12-15)19(23)26-13-18(22)21-10-4-8-16(21)17-9-5-11-27-17/h3,5-7,9,11-12,16H,4,8,10,13H2,1-2H3. The van der Waals surface area contributed by atoms with E-state index in [0.29, 0.717) is 6.54 Å². The molecular formula is C19H22N2O5S2. The van der Waals surface area contributed by atoms with Crippen molar-refractivity contribution in [2.75, 3.05) is 27.2 Å². The van der Waals surface area contributed by atoms with Crippen molar-refractivity contribution in [3.05, 3.63) is 52.2 Å². The highest BCUT2D eigenvalue weighted by Gasteiger charge is 2.31. The fraction of sp³-hybridized carbons (Fsp3) is 0.368. The van der Waals surface area contributed by atoms with E-state index in [1.165, 1.54) is 38.4 Å². The van der Waals surface area contributed by atoms with Crippen LogP contribution >= 0.6 is 11.3 Å². The van der Waals surface area contributed by atoms with Crippen LogP contribution in [0.5, 0.6) is 0 Å². The first-order valence-corrected chi connectivity index (χ1v) is 11.2. The van der Waals surface area contributed by atoms with Gasteiger partial charge in [0.15, 0.2) is 6.61 Å². The second-order valence-electron chi connectivity index (χ2n) is 6.65. The van der Waals surface area contributed by atoms with E-state index in [1.54, 1.807) is 16.2 Å². The topological polar surface area (TPSA) is 84.0 Å². The average Bonchev–Trinajstić information content (AvgIpc) is 3.36. The highest BCUT2D eigenvalue weighted by molar-refractivity contribution is 7.89. The molecular weight excluding hydrogens is 400 g/mol. The fourth-order valence-corrected chi connectivity index (χ4v) is 4.95. The molecule has 1 aliphatic heterocycles. The van der Waals surface area contributed by atoms with E-state index < -0.39 is 16.0 Å². The van der Waals surface area contributed by atoms with Crippen molar-refractivity contribution in [2.24, 2.45) is 0 Å². The Morgan fingerprint density at radius 2 is 2.04 bits per heavy atom. The smallest absolute Gasteiger partial charge is 0.338 e. The first kappa shape index (κ1) is 20.5. The van der Waals surface area contributed by atoms with Gasteiger partial charge in [-0.25, -0.2) is 17.5 Å². The van der Waals surface area contributed by atoms with Gasteiger partial charge in [-0.1, -0.05) is 12.1 Å². The Bertz CT molecular complexity index is 954. The number of rotatable bonds is 6. The molecule has 0 spiro atoms. The number of hydrogen-bond donors (Lipinski definition) is 0. The van der Waals surface area contributed by atoms with Crippen LogP contribution in [0.4, 0.5) is 0 Å². The molecule has 150 valence electrons. The molecule has 1 saturated heterocycles. The molecule has 1 amide bonds. The summed E-state index contributed by atoms with van der Waals surface area (Å²) in [6.45, 7) is 0.265.